The molecule has 0 spiro atoms. The lowest BCUT2D eigenvalue weighted by molar-refractivity contribution is -0.119. The molecule has 2 aromatic heterocycles. The Morgan fingerprint density at radius 1 is 0.960 bits per heavy atom. The largest absolute Gasteiger partial charge is 0.371 e. The first-order valence-electron chi connectivity index (χ1n) is 15.4. The lowest BCUT2D eigenvalue weighted by Gasteiger charge is -2.28. The fourth-order valence-corrected chi connectivity index (χ4v) is 7.15. The summed E-state index contributed by atoms with van der Waals surface area (Å²) in [7, 11) is -2.96. The lowest BCUT2D eigenvalue weighted by atomic mass is 9.99. The molecule has 1 saturated heterocycles. The minimum absolute atomic E-state index is 0.0186. The van der Waals surface area contributed by atoms with Crippen molar-refractivity contribution < 1.29 is 31.6 Å². The van der Waals surface area contributed by atoms with E-state index >= 15 is 8.78 Å². The molecule has 0 amide bonds. The van der Waals surface area contributed by atoms with Crippen LogP contribution in [-0.2, 0) is 15.0 Å². The number of hydrogen-bond donors (Lipinski definition) is 1. The Morgan fingerprint density at radius 3 is 2.26 bits per heavy atom. The molecule has 0 radical (unpaired) electrons. The summed E-state index contributed by atoms with van der Waals surface area (Å²) in [6.07, 6.45) is 3.54. The number of carbonyl (C=O) groups excluding carboxylic acids is 3. The third-order valence-electron chi connectivity index (χ3n) is 8.58. The Bertz CT molecular complexity index is 2270. The Balaban J connectivity index is 1.47. The van der Waals surface area contributed by atoms with Crippen molar-refractivity contribution in [1.82, 2.24) is 13.9 Å². The molecule has 0 unspecified atom stereocenters. The van der Waals surface area contributed by atoms with Crippen LogP contribution < -0.4 is 9.62 Å². The van der Waals surface area contributed by atoms with Gasteiger partial charge < -0.3 is 4.90 Å². The minimum atomic E-state index is -4.23. The molecule has 1 aliphatic heterocycles. The molecule has 50 heavy (non-hydrogen) atoms. The molecule has 3 aromatic carbocycles. The van der Waals surface area contributed by atoms with E-state index in [1.165, 1.54) is 25.4 Å². The number of hydrogen-bond acceptors (Lipinski definition) is 7. The van der Waals surface area contributed by atoms with Gasteiger partial charge in [0.05, 0.1) is 32.4 Å². The molecule has 1 fully saturated rings. The maximum atomic E-state index is 15.9. The zero-order valence-corrected chi connectivity index (χ0v) is 29.0. The molecular weight excluding hydrogens is 711 g/mol. The van der Waals surface area contributed by atoms with Crippen molar-refractivity contribution in [3.63, 3.8) is 0 Å². The number of halogens is 4. The van der Waals surface area contributed by atoms with Crippen LogP contribution in [0.3, 0.4) is 0 Å². The zero-order valence-electron chi connectivity index (χ0n) is 26.7. The van der Waals surface area contributed by atoms with Crippen molar-refractivity contribution in [3.8, 4) is 11.1 Å². The molecular formula is C35H29Cl2F2N5O5S. The van der Waals surface area contributed by atoms with Gasteiger partial charge in [0, 0.05) is 68.6 Å². The van der Waals surface area contributed by atoms with Crippen LogP contribution in [0.5, 0.6) is 0 Å². The number of aromatic nitrogens is 2. The summed E-state index contributed by atoms with van der Waals surface area (Å²) in [6, 6.07) is 15.2. The highest BCUT2D eigenvalue weighted by atomic mass is 35.5. The molecule has 0 aliphatic carbocycles. The highest BCUT2D eigenvalue weighted by molar-refractivity contribution is 7.90. The van der Waals surface area contributed by atoms with Crippen molar-refractivity contribution in [2.75, 3.05) is 36.3 Å². The van der Waals surface area contributed by atoms with Gasteiger partial charge in [-0.1, -0.05) is 48.3 Å². The third kappa shape index (κ3) is 6.61. The van der Waals surface area contributed by atoms with Gasteiger partial charge in [-0.05, 0) is 48.0 Å². The average molecular weight is 741 g/mol. The fraction of sp³-hybridized carbons (Fsp3) is 0.200. The summed E-state index contributed by atoms with van der Waals surface area (Å²) in [4.78, 5) is 46.3. The number of rotatable bonds is 9. The van der Waals surface area contributed by atoms with Crippen molar-refractivity contribution >= 4 is 73.3 Å². The van der Waals surface area contributed by atoms with Crippen LogP contribution in [0, 0.1) is 11.6 Å². The maximum Gasteiger partial charge on any atom is 0.301 e. The van der Waals surface area contributed by atoms with Gasteiger partial charge in [-0.3, -0.25) is 23.7 Å². The van der Waals surface area contributed by atoms with Gasteiger partial charge in [-0.15, -0.1) is 0 Å². The quantitative estimate of drug-likeness (QED) is 0.162. The van der Waals surface area contributed by atoms with E-state index in [4.69, 9.17) is 23.2 Å². The van der Waals surface area contributed by atoms with Crippen LogP contribution in [0.1, 0.15) is 46.0 Å². The summed E-state index contributed by atoms with van der Waals surface area (Å²) >= 11 is 12.7. The first-order valence-corrected chi connectivity index (χ1v) is 17.6. The minimum Gasteiger partial charge on any atom is -0.371 e. The van der Waals surface area contributed by atoms with Gasteiger partial charge >= 0.3 is 10.2 Å². The van der Waals surface area contributed by atoms with E-state index in [9.17, 15) is 22.8 Å². The first-order chi connectivity index (χ1) is 23.8. The summed E-state index contributed by atoms with van der Waals surface area (Å²) in [5.74, 6) is -4.38. The van der Waals surface area contributed by atoms with Crippen molar-refractivity contribution in [2.45, 2.75) is 19.8 Å². The molecule has 1 N–H and O–H groups in total. The van der Waals surface area contributed by atoms with Crippen LogP contribution in [-0.4, -0.2) is 66.4 Å². The van der Waals surface area contributed by atoms with Gasteiger partial charge in [0.25, 0.3) is 5.91 Å². The number of anilines is 2. The standard InChI is InChI=1S/C35H29Cl2F2N5O5S/c1-3-42(2)50(48,49)41-29-12-11-28(38)31(32(29)39)33(46)25-19-44(35(47)30-26(36)5-4-6-27(30)37)34-24(25)17-21(18-40-34)20-7-9-22(10-8-20)43-15-13-23(45)14-16-43/h4-12,17-19,41H,3,13-16H2,1-2H3. The predicted octanol–water partition coefficient (Wildman–Crippen LogP) is 6.99. The van der Waals surface area contributed by atoms with Crippen LogP contribution >= 0.6 is 23.2 Å². The molecule has 15 heteroatoms. The number of ketones is 2. The zero-order chi connectivity index (χ0) is 35.9. The van der Waals surface area contributed by atoms with Gasteiger partial charge in [0.2, 0.25) is 5.78 Å². The summed E-state index contributed by atoms with van der Waals surface area (Å²) in [5, 5.41) is 0.139. The first kappa shape index (κ1) is 35.1. The Morgan fingerprint density at radius 2 is 1.62 bits per heavy atom. The second-order valence-corrected chi connectivity index (χ2v) is 14.2. The van der Waals surface area contributed by atoms with E-state index in [0.717, 1.165) is 32.9 Å². The highest BCUT2D eigenvalue weighted by Crippen LogP contribution is 2.34. The Labute approximate surface area is 296 Å². The van der Waals surface area contributed by atoms with Gasteiger partial charge in [-0.25, -0.2) is 13.8 Å². The summed E-state index contributed by atoms with van der Waals surface area (Å²) in [5.41, 5.74) is 0.0668. The highest BCUT2D eigenvalue weighted by Gasteiger charge is 2.30. The van der Waals surface area contributed by atoms with E-state index in [1.807, 2.05) is 29.0 Å². The van der Waals surface area contributed by atoms with Crippen LogP contribution in [0.25, 0.3) is 22.2 Å². The molecule has 6 rings (SSSR count). The molecule has 258 valence electrons. The molecule has 3 heterocycles. The van der Waals surface area contributed by atoms with E-state index < -0.39 is 44.8 Å². The number of benzene rings is 3. The monoisotopic (exact) mass is 739 g/mol. The predicted molar refractivity (Wildman–Crippen MR) is 188 cm³/mol. The number of nitrogens with zero attached hydrogens (tertiary/aromatic N) is 4. The molecule has 10 nitrogen and oxygen atoms in total. The van der Waals surface area contributed by atoms with Crippen molar-refractivity contribution in [3.05, 3.63) is 111 Å². The van der Waals surface area contributed by atoms with Crippen LogP contribution in [0.2, 0.25) is 10.0 Å². The van der Waals surface area contributed by atoms with E-state index in [2.05, 4.69) is 9.88 Å². The van der Waals surface area contributed by atoms with Gasteiger partial charge in [0.1, 0.15) is 17.2 Å². The number of piperidine rings is 1. The van der Waals surface area contributed by atoms with Crippen molar-refractivity contribution in [2.24, 2.45) is 0 Å². The summed E-state index contributed by atoms with van der Waals surface area (Å²) < 4.78 is 60.5. The summed E-state index contributed by atoms with van der Waals surface area (Å²) in [6.45, 7) is 2.85. The second kappa shape index (κ2) is 13.9. The van der Waals surface area contributed by atoms with E-state index in [1.54, 1.807) is 19.1 Å². The van der Waals surface area contributed by atoms with Gasteiger partial charge in [-0.2, -0.15) is 12.7 Å². The van der Waals surface area contributed by atoms with Crippen LogP contribution in [0.4, 0.5) is 20.2 Å². The SMILES string of the molecule is CCN(C)S(=O)(=O)Nc1ccc(F)c(C(=O)c2cn(C(=O)c3c(Cl)cccc3Cl)c3ncc(-c4ccc(N5CCC(=O)CC5)cc4)cc23)c1F. The smallest absolute Gasteiger partial charge is 0.301 e. The Hall–Kier alpha value is -4.69. The topological polar surface area (TPSA) is 122 Å². The number of pyridine rings is 1. The fourth-order valence-electron chi connectivity index (χ4n) is 5.66. The van der Waals surface area contributed by atoms with E-state index in [0.29, 0.717) is 37.1 Å². The molecule has 0 bridgehead atoms. The average Bonchev–Trinajstić information content (AvgIpc) is 3.48. The lowest BCUT2D eigenvalue weighted by Crippen LogP contribution is -2.33. The Kier molecular flexibility index (Phi) is 9.78. The second-order valence-electron chi connectivity index (χ2n) is 11.6. The molecule has 5 aromatic rings. The van der Waals surface area contributed by atoms with Crippen LogP contribution in [0.15, 0.2) is 73.1 Å². The molecule has 1 aliphatic rings. The molecule has 0 atom stereocenters. The number of nitrogens with one attached hydrogen (secondary N) is 1. The number of fused-ring (bicyclic) bond motifs is 1. The normalized spacial score (nSPS) is 13.7. The number of carbonyl (C=O) groups is 3. The molecule has 0 saturated carbocycles. The third-order valence-corrected chi connectivity index (χ3v) is 10.8. The maximum absolute atomic E-state index is 15.9. The van der Waals surface area contributed by atoms with Crippen molar-refractivity contribution in [1.29, 1.82) is 0 Å². The van der Waals surface area contributed by atoms with E-state index in [-0.39, 0.29) is 44.5 Å². The number of Topliss-reactive ketones (excluding diaryl/α,β-unsaturated/α-hetero) is 1. The van der Waals surface area contributed by atoms with Gasteiger partial charge in [0.15, 0.2) is 5.82 Å².